The van der Waals surface area contributed by atoms with Crippen molar-refractivity contribution in [1.29, 1.82) is 0 Å². The average molecular weight is 271 g/mol. The highest BCUT2D eigenvalue weighted by atomic mass is 16.6. The number of carbonyl (C=O) groups excluding carboxylic acids is 1. The molecule has 0 heterocycles. The van der Waals surface area contributed by atoms with E-state index < -0.39 is 5.97 Å². The maximum absolute atomic E-state index is 11.2. The zero-order valence-electron chi connectivity index (χ0n) is 11.6. The number of anilines is 1. The Bertz CT molecular complexity index is 606. The molecule has 0 aromatic heterocycles. The normalized spacial score (nSPS) is 10.1. The van der Waals surface area contributed by atoms with E-state index >= 15 is 0 Å². The fourth-order valence-electron chi connectivity index (χ4n) is 1.85. The van der Waals surface area contributed by atoms with Crippen LogP contribution in [0.15, 0.2) is 42.5 Å². The first-order valence-electron chi connectivity index (χ1n) is 6.26. The number of carbonyl (C=O) groups is 1. The van der Waals surface area contributed by atoms with E-state index in [1.54, 1.807) is 0 Å². The van der Waals surface area contributed by atoms with Gasteiger partial charge in [0, 0.05) is 11.3 Å². The summed E-state index contributed by atoms with van der Waals surface area (Å²) < 4.78 is 10.1. The number of hydrogen-bond donors (Lipinski definition) is 1. The minimum absolute atomic E-state index is 0.110. The van der Waals surface area contributed by atoms with Gasteiger partial charge >= 0.3 is 5.97 Å². The van der Waals surface area contributed by atoms with Gasteiger partial charge in [0.1, 0.15) is 5.75 Å². The standard InChI is InChI=1S/C16H17NO3/c1-11-3-8-15(20-10-16(18)19-2)14(9-11)12-4-6-13(17)7-5-12/h3-9H,10,17H2,1-2H3. The van der Waals surface area contributed by atoms with Crippen LogP contribution in [-0.2, 0) is 9.53 Å². The van der Waals surface area contributed by atoms with Crippen LogP contribution < -0.4 is 10.5 Å². The Morgan fingerprint density at radius 2 is 1.85 bits per heavy atom. The van der Waals surface area contributed by atoms with Gasteiger partial charge in [0.15, 0.2) is 6.61 Å². The zero-order chi connectivity index (χ0) is 14.5. The highest BCUT2D eigenvalue weighted by Crippen LogP contribution is 2.31. The number of hydrogen-bond acceptors (Lipinski definition) is 4. The van der Waals surface area contributed by atoms with Crippen molar-refractivity contribution in [3.63, 3.8) is 0 Å². The second-order valence-electron chi connectivity index (χ2n) is 4.49. The first-order valence-corrected chi connectivity index (χ1v) is 6.26. The molecule has 0 radical (unpaired) electrons. The molecule has 0 aliphatic carbocycles. The van der Waals surface area contributed by atoms with Crippen LogP contribution in [0.4, 0.5) is 5.69 Å². The van der Waals surface area contributed by atoms with E-state index in [0.717, 1.165) is 16.7 Å². The predicted molar refractivity (Wildman–Crippen MR) is 78.5 cm³/mol. The van der Waals surface area contributed by atoms with Crippen LogP contribution in [0.1, 0.15) is 5.56 Å². The number of methoxy groups -OCH3 is 1. The second kappa shape index (κ2) is 6.10. The summed E-state index contributed by atoms with van der Waals surface area (Å²) in [6.45, 7) is 1.90. The topological polar surface area (TPSA) is 61.5 Å². The van der Waals surface area contributed by atoms with Crippen LogP contribution in [-0.4, -0.2) is 19.7 Å². The van der Waals surface area contributed by atoms with Crippen molar-refractivity contribution >= 4 is 11.7 Å². The Hall–Kier alpha value is -2.49. The zero-order valence-corrected chi connectivity index (χ0v) is 11.6. The predicted octanol–water partition coefficient (Wildman–Crippen LogP) is 2.80. The van der Waals surface area contributed by atoms with Gasteiger partial charge in [0.2, 0.25) is 0 Å². The molecule has 0 aliphatic heterocycles. The molecule has 0 bridgehead atoms. The largest absolute Gasteiger partial charge is 0.481 e. The quantitative estimate of drug-likeness (QED) is 0.686. The molecule has 2 aromatic rings. The van der Waals surface area contributed by atoms with Gasteiger partial charge in [-0.25, -0.2) is 4.79 Å². The van der Waals surface area contributed by atoms with Crippen molar-refractivity contribution in [3.05, 3.63) is 48.0 Å². The summed E-state index contributed by atoms with van der Waals surface area (Å²) in [7, 11) is 1.34. The molecule has 2 rings (SSSR count). The fraction of sp³-hybridized carbons (Fsp3) is 0.188. The minimum atomic E-state index is -0.408. The second-order valence-corrected chi connectivity index (χ2v) is 4.49. The molecule has 0 aliphatic rings. The maximum Gasteiger partial charge on any atom is 0.343 e. The van der Waals surface area contributed by atoms with Crippen molar-refractivity contribution in [2.75, 3.05) is 19.5 Å². The average Bonchev–Trinajstić information content (AvgIpc) is 2.46. The van der Waals surface area contributed by atoms with E-state index in [-0.39, 0.29) is 6.61 Å². The van der Waals surface area contributed by atoms with E-state index in [1.165, 1.54) is 7.11 Å². The summed E-state index contributed by atoms with van der Waals surface area (Å²) in [4.78, 5) is 11.2. The molecule has 20 heavy (non-hydrogen) atoms. The third kappa shape index (κ3) is 3.29. The van der Waals surface area contributed by atoms with Gasteiger partial charge in [-0.15, -0.1) is 0 Å². The Kier molecular flexibility index (Phi) is 4.25. The Morgan fingerprint density at radius 1 is 1.15 bits per heavy atom. The molecule has 0 atom stereocenters. The lowest BCUT2D eigenvalue weighted by Gasteiger charge is -2.12. The first-order chi connectivity index (χ1) is 9.60. The van der Waals surface area contributed by atoms with Crippen LogP contribution in [0, 0.1) is 6.92 Å². The van der Waals surface area contributed by atoms with Crippen LogP contribution in [0.5, 0.6) is 5.75 Å². The molecule has 0 spiro atoms. The smallest absolute Gasteiger partial charge is 0.343 e. The molecule has 0 unspecified atom stereocenters. The lowest BCUT2D eigenvalue weighted by atomic mass is 10.0. The third-order valence-electron chi connectivity index (χ3n) is 2.93. The summed E-state index contributed by atoms with van der Waals surface area (Å²) in [6.07, 6.45) is 0. The van der Waals surface area contributed by atoms with Crippen molar-refractivity contribution in [3.8, 4) is 16.9 Å². The summed E-state index contributed by atoms with van der Waals surface area (Å²) in [5.74, 6) is 0.236. The third-order valence-corrected chi connectivity index (χ3v) is 2.93. The number of aryl methyl sites for hydroxylation is 1. The van der Waals surface area contributed by atoms with Gasteiger partial charge in [-0.05, 0) is 36.8 Å². The first kappa shape index (κ1) is 13.9. The lowest BCUT2D eigenvalue weighted by molar-refractivity contribution is -0.142. The summed E-state index contributed by atoms with van der Waals surface area (Å²) in [6, 6.07) is 13.3. The van der Waals surface area contributed by atoms with E-state index in [9.17, 15) is 4.79 Å². The van der Waals surface area contributed by atoms with Gasteiger partial charge in [-0.3, -0.25) is 0 Å². The molecule has 0 fully saturated rings. The molecule has 4 nitrogen and oxygen atoms in total. The Morgan fingerprint density at radius 3 is 2.50 bits per heavy atom. The molecule has 2 N–H and O–H groups in total. The number of esters is 1. The number of ether oxygens (including phenoxy) is 2. The number of nitrogen functional groups attached to an aromatic ring is 1. The molecule has 0 saturated heterocycles. The number of rotatable bonds is 4. The van der Waals surface area contributed by atoms with E-state index in [4.69, 9.17) is 10.5 Å². The van der Waals surface area contributed by atoms with E-state index in [2.05, 4.69) is 4.74 Å². The number of nitrogens with two attached hydrogens (primary N) is 1. The van der Waals surface area contributed by atoms with Crippen molar-refractivity contribution in [2.24, 2.45) is 0 Å². The van der Waals surface area contributed by atoms with Crippen molar-refractivity contribution < 1.29 is 14.3 Å². The Balaban J connectivity index is 2.32. The van der Waals surface area contributed by atoms with E-state index in [1.807, 2.05) is 49.4 Å². The van der Waals surface area contributed by atoms with Crippen LogP contribution in [0.3, 0.4) is 0 Å². The Labute approximate surface area is 118 Å². The number of benzene rings is 2. The maximum atomic E-state index is 11.2. The summed E-state index contributed by atoms with van der Waals surface area (Å²) >= 11 is 0. The minimum Gasteiger partial charge on any atom is -0.481 e. The van der Waals surface area contributed by atoms with Crippen molar-refractivity contribution in [2.45, 2.75) is 6.92 Å². The molecule has 104 valence electrons. The molecular formula is C16H17NO3. The molecule has 4 heteroatoms. The monoisotopic (exact) mass is 271 g/mol. The van der Waals surface area contributed by atoms with Crippen LogP contribution in [0.25, 0.3) is 11.1 Å². The van der Waals surface area contributed by atoms with Crippen molar-refractivity contribution in [1.82, 2.24) is 0 Å². The molecular weight excluding hydrogens is 254 g/mol. The fourth-order valence-corrected chi connectivity index (χ4v) is 1.85. The molecule has 2 aromatic carbocycles. The van der Waals surface area contributed by atoms with Gasteiger partial charge in [-0.1, -0.05) is 23.8 Å². The SMILES string of the molecule is COC(=O)COc1ccc(C)cc1-c1ccc(N)cc1. The van der Waals surface area contributed by atoms with E-state index in [0.29, 0.717) is 11.4 Å². The van der Waals surface area contributed by atoms with Gasteiger partial charge in [-0.2, -0.15) is 0 Å². The summed E-state index contributed by atoms with van der Waals surface area (Å²) in [5.41, 5.74) is 9.43. The highest BCUT2D eigenvalue weighted by molar-refractivity contribution is 5.74. The lowest BCUT2D eigenvalue weighted by Crippen LogP contribution is -2.13. The van der Waals surface area contributed by atoms with Crippen LogP contribution in [0.2, 0.25) is 0 Å². The summed E-state index contributed by atoms with van der Waals surface area (Å²) in [5, 5.41) is 0. The van der Waals surface area contributed by atoms with Gasteiger partial charge in [0.05, 0.1) is 7.11 Å². The van der Waals surface area contributed by atoms with Crippen LogP contribution >= 0.6 is 0 Å². The molecule has 0 saturated carbocycles. The molecule has 0 amide bonds. The van der Waals surface area contributed by atoms with Gasteiger partial charge in [0.25, 0.3) is 0 Å². The highest BCUT2D eigenvalue weighted by Gasteiger charge is 2.09. The van der Waals surface area contributed by atoms with Gasteiger partial charge < -0.3 is 15.2 Å².